The van der Waals surface area contributed by atoms with Crippen LogP contribution in [0.1, 0.15) is 16.9 Å². The fraction of sp³-hybridized carbons (Fsp3) is 0.333. The molecule has 0 saturated carbocycles. The first-order valence-electron chi connectivity index (χ1n) is 4.70. The Morgan fingerprint density at radius 3 is 2.65 bits per heavy atom. The molecule has 0 bridgehead atoms. The molecule has 0 aliphatic carbocycles. The van der Waals surface area contributed by atoms with Crippen molar-refractivity contribution in [3.05, 3.63) is 18.2 Å². The molecule has 1 aromatic rings. The number of aryl methyl sites for hydroxylation is 1. The van der Waals surface area contributed by atoms with Gasteiger partial charge in [-0.2, -0.15) is 0 Å². The second-order valence-corrected chi connectivity index (χ2v) is 3.42. The van der Waals surface area contributed by atoms with Gasteiger partial charge in [0.15, 0.2) is 0 Å². The third-order valence-corrected chi connectivity index (χ3v) is 2.06. The van der Waals surface area contributed by atoms with Gasteiger partial charge in [-0.05, 0) is 0 Å². The molecular weight excluding hydrogens is 228 g/mol. The lowest BCUT2D eigenvalue weighted by atomic mass is 10.2. The van der Waals surface area contributed by atoms with Crippen LogP contribution < -0.4 is 11.1 Å². The van der Waals surface area contributed by atoms with Gasteiger partial charge in [-0.3, -0.25) is 9.59 Å². The van der Waals surface area contributed by atoms with E-state index in [2.05, 4.69) is 10.3 Å². The number of carbonyl (C=O) groups is 3. The Kier molecular flexibility index (Phi) is 3.81. The summed E-state index contributed by atoms with van der Waals surface area (Å²) in [5.74, 6) is -2.75. The van der Waals surface area contributed by atoms with E-state index in [4.69, 9.17) is 10.8 Å². The standard InChI is InChI=1S/C9H12N4O4/c1-13-4-11-3-6(13)8(15)12-5(9(16)17)2-7(10)14/h3-5H,2H2,1H3,(H2,10,14)(H,12,15)(H,16,17)/t5-/m1/s1. The first kappa shape index (κ1) is 12.7. The van der Waals surface area contributed by atoms with Crippen molar-refractivity contribution in [2.45, 2.75) is 12.5 Å². The zero-order valence-electron chi connectivity index (χ0n) is 9.08. The number of hydrogen-bond donors (Lipinski definition) is 3. The van der Waals surface area contributed by atoms with E-state index in [-0.39, 0.29) is 5.69 Å². The number of imidazole rings is 1. The molecule has 92 valence electrons. The molecule has 0 saturated heterocycles. The number of carboxylic acids is 1. The molecule has 1 aromatic heterocycles. The Bertz CT molecular complexity index is 454. The summed E-state index contributed by atoms with van der Waals surface area (Å²) in [6, 6.07) is -1.34. The molecule has 2 amide bonds. The molecule has 1 atom stereocenters. The average Bonchev–Trinajstić information content (AvgIpc) is 2.62. The lowest BCUT2D eigenvalue weighted by Gasteiger charge is -2.12. The Labute approximate surface area is 96.4 Å². The van der Waals surface area contributed by atoms with Crippen LogP contribution in [0.15, 0.2) is 12.5 Å². The maximum absolute atomic E-state index is 11.6. The van der Waals surface area contributed by atoms with Crippen molar-refractivity contribution in [3.63, 3.8) is 0 Å². The number of aromatic nitrogens is 2. The van der Waals surface area contributed by atoms with Crippen molar-refractivity contribution in [1.29, 1.82) is 0 Å². The molecule has 8 heteroatoms. The summed E-state index contributed by atoms with van der Waals surface area (Å²) in [5.41, 5.74) is 5.08. The van der Waals surface area contributed by atoms with Gasteiger partial charge in [-0.15, -0.1) is 0 Å². The molecule has 17 heavy (non-hydrogen) atoms. The number of aliphatic carboxylic acids is 1. The maximum atomic E-state index is 11.6. The molecule has 1 rings (SSSR count). The number of nitrogens with zero attached hydrogens (tertiary/aromatic N) is 2. The quantitative estimate of drug-likeness (QED) is 0.575. The van der Waals surface area contributed by atoms with Crippen LogP contribution in [0.5, 0.6) is 0 Å². The number of nitrogens with two attached hydrogens (primary N) is 1. The highest BCUT2D eigenvalue weighted by Crippen LogP contribution is 1.99. The van der Waals surface area contributed by atoms with Crippen LogP contribution in [-0.2, 0) is 16.6 Å². The summed E-state index contributed by atoms with van der Waals surface area (Å²) in [6.45, 7) is 0. The van der Waals surface area contributed by atoms with E-state index in [1.54, 1.807) is 7.05 Å². The van der Waals surface area contributed by atoms with E-state index < -0.39 is 30.2 Å². The lowest BCUT2D eigenvalue weighted by Crippen LogP contribution is -2.43. The molecule has 0 unspecified atom stereocenters. The second kappa shape index (κ2) is 5.10. The zero-order valence-corrected chi connectivity index (χ0v) is 9.08. The van der Waals surface area contributed by atoms with E-state index in [0.717, 1.165) is 0 Å². The Morgan fingerprint density at radius 1 is 1.59 bits per heavy atom. The average molecular weight is 240 g/mol. The van der Waals surface area contributed by atoms with Gasteiger partial charge in [-0.1, -0.05) is 0 Å². The summed E-state index contributed by atoms with van der Waals surface area (Å²) in [6.07, 6.45) is 2.23. The number of primary amides is 1. The van der Waals surface area contributed by atoms with Crippen LogP contribution in [-0.4, -0.2) is 38.5 Å². The first-order chi connectivity index (χ1) is 7.91. The zero-order chi connectivity index (χ0) is 13.0. The lowest BCUT2D eigenvalue weighted by molar-refractivity contribution is -0.140. The minimum atomic E-state index is -1.34. The fourth-order valence-electron chi connectivity index (χ4n) is 1.21. The maximum Gasteiger partial charge on any atom is 0.326 e. The predicted octanol–water partition coefficient (Wildman–Crippen LogP) is -1.52. The van der Waals surface area contributed by atoms with E-state index in [1.165, 1.54) is 17.1 Å². The second-order valence-electron chi connectivity index (χ2n) is 3.42. The Morgan fingerprint density at radius 2 is 2.24 bits per heavy atom. The highest BCUT2D eigenvalue weighted by atomic mass is 16.4. The molecule has 0 aromatic carbocycles. The van der Waals surface area contributed by atoms with Crippen molar-refractivity contribution in [2.75, 3.05) is 0 Å². The van der Waals surface area contributed by atoms with Crippen molar-refractivity contribution >= 4 is 17.8 Å². The van der Waals surface area contributed by atoms with Gasteiger partial charge in [-0.25, -0.2) is 9.78 Å². The van der Waals surface area contributed by atoms with Crippen LogP contribution in [0.4, 0.5) is 0 Å². The molecule has 4 N–H and O–H groups in total. The summed E-state index contributed by atoms with van der Waals surface area (Å²) >= 11 is 0. The van der Waals surface area contributed by atoms with Gasteiger partial charge in [0.05, 0.1) is 18.9 Å². The topological polar surface area (TPSA) is 127 Å². The monoisotopic (exact) mass is 240 g/mol. The predicted molar refractivity (Wildman–Crippen MR) is 55.9 cm³/mol. The van der Waals surface area contributed by atoms with Gasteiger partial charge in [0.1, 0.15) is 11.7 Å². The third kappa shape index (κ3) is 3.30. The van der Waals surface area contributed by atoms with Crippen LogP contribution in [0.2, 0.25) is 0 Å². The number of amides is 2. The first-order valence-corrected chi connectivity index (χ1v) is 4.70. The summed E-state index contributed by atoms with van der Waals surface area (Å²) in [4.78, 5) is 36.8. The van der Waals surface area contributed by atoms with E-state index in [9.17, 15) is 14.4 Å². The van der Waals surface area contributed by atoms with Crippen molar-refractivity contribution < 1.29 is 19.5 Å². The number of nitrogens with one attached hydrogen (secondary N) is 1. The van der Waals surface area contributed by atoms with Crippen LogP contribution >= 0.6 is 0 Å². The van der Waals surface area contributed by atoms with Crippen LogP contribution in [0.25, 0.3) is 0 Å². The minimum Gasteiger partial charge on any atom is -0.480 e. The van der Waals surface area contributed by atoms with Gasteiger partial charge in [0.2, 0.25) is 5.91 Å². The summed E-state index contributed by atoms with van der Waals surface area (Å²) in [5, 5.41) is 11.0. The molecular formula is C9H12N4O4. The smallest absolute Gasteiger partial charge is 0.326 e. The molecule has 0 fully saturated rings. The minimum absolute atomic E-state index is 0.195. The molecule has 0 spiro atoms. The Balaban J connectivity index is 2.74. The van der Waals surface area contributed by atoms with Crippen LogP contribution in [0.3, 0.4) is 0 Å². The highest BCUT2D eigenvalue weighted by Gasteiger charge is 2.23. The van der Waals surface area contributed by atoms with Crippen molar-refractivity contribution in [2.24, 2.45) is 12.8 Å². The van der Waals surface area contributed by atoms with Crippen LogP contribution in [0, 0.1) is 0 Å². The normalized spacial score (nSPS) is 11.8. The van der Waals surface area contributed by atoms with E-state index >= 15 is 0 Å². The van der Waals surface area contributed by atoms with E-state index in [1.807, 2.05) is 0 Å². The molecule has 1 heterocycles. The molecule has 0 aliphatic heterocycles. The van der Waals surface area contributed by atoms with Gasteiger partial charge in [0, 0.05) is 7.05 Å². The van der Waals surface area contributed by atoms with Crippen molar-refractivity contribution in [3.8, 4) is 0 Å². The number of hydrogen-bond acceptors (Lipinski definition) is 4. The fourth-order valence-corrected chi connectivity index (χ4v) is 1.21. The van der Waals surface area contributed by atoms with Gasteiger partial charge < -0.3 is 20.7 Å². The number of rotatable bonds is 5. The SMILES string of the molecule is Cn1cncc1C(=O)N[C@H](CC(N)=O)C(=O)O. The number of carbonyl (C=O) groups excluding carboxylic acids is 2. The van der Waals surface area contributed by atoms with E-state index in [0.29, 0.717) is 0 Å². The third-order valence-electron chi connectivity index (χ3n) is 2.06. The van der Waals surface area contributed by atoms with Gasteiger partial charge >= 0.3 is 5.97 Å². The summed E-state index contributed by atoms with van der Waals surface area (Å²) < 4.78 is 1.43. The molecule has 0 aliphatic rings. The largest absolute Gasteiger partial charge is 0.480 e. The Hall–Kier alpha value is -2.38. The number of carboxylic acid groups (broad SMARTS) is 1. The van der Waals surface area contributed by atoms with Crippen molar-refractivity contribution in [1.82, 2.24) is 14.9 Å². The highest BCUT2D eigenvalue weighted by molar-refractivity contribution is 5.96. The molecule has 0 radical (unpaired) electrons. The van der Waals surface area contributed by atoms with Gasteiger partial charge in [0.25, 0.3) is 5.91 Å². The summed E-state index contributed by atoms with van der Waals surface area (Å²) in [7, 11) is 1.59. The molecule has 8 nitrogen and oxygen atoms in total.